The van der Waals surface area contributed by atoms with Crippen LogP contribution in [-0.4, -0.2) is 24.2 Å². The van der Waals surface area contributed by atoms with Gasteiger partial charge in [-0.05, 0) is 24.3 Å². The molecule has 0 bridgehead atoms. The molecule has 0 saturated carbocycles. The number of hydrogen-bond acceptors (Lipinski definition) is 5. The molecule has 2 aromatic carbocycles. The molecule has 0 aliphatic carbocycles. The summed E-state index contributed by atoms with van der Waals surface area (Å²) in [7, 11) is 3.13. The van der Waals surface area contributed by atoms with Gasteiger partial charge < -0.3 is 14.8 Å². The molecule has 1 aromatic heterocycles. The van der Waals surface area contributed by atoms with Gasteiger partial charge in [0.15, 0.2) is 0 Å². The Morgan fingerprint density at radius 2 is 1.91 bits per heavy atom. The van der Waals surface area contributed by atoms with Crippen molar-refractivity contribution < 1.29 is 13.9 Å². The van der Waals surface area contributed by atoms with E-state index >= 15 is 0 Å². The minimum atomic E-state index is -0.479. The molecule has 1 heterocycles. The van der Waals surface area contributed by atoms with Crippen molar-refractivity contribution in [2.45, 2.75) is 0 Å². The van der Waals surface area contributed by atoms with Crippen molar-refractivity contribution in [3.05, 3.63) is 47.5 Å². The van der Waals surface area contributed by atoms with Crippen LogP contribution in [0.25, 0.3) is 10.9 Å². The highest BCUT2D eigenvalue weighted by Crippen LogP contribution is 2.34. The van der Waals surface area contributed by atoms with Crippen LogP contribution in [0.4, 0.5) is 15.9 Å². The van der Waals surface area contributed by atoms with Gasteiger partial charge in [-0.3, -0.25) is 0 Å². The Labute approximate surface area is 137 Å². The number of ether oxygens (including phenoxy) is 2. The summed E-state index contributed by atoms with van der Waals surface area (Å²) in [6.45, 7) is 0. The number of methoxy groups -OCH3 is 2. The Balaban J connectivity index is 2.11. The summed E-state index contributed by atoms with van der Waals surface area (Å²) in [4.78, 5) is 8.48. The molecule has 0 atom stereocenters. The third kappa shape index (κ3) is 2.98. The molecule has 3 aromatic rings. The molecule has 0 aliphatic rings. The fraction of sp³-hybridized carbons (Fsp3) is 0.125. The van der Waals surface area contributed by atoms with Gasteiger partial charge in [0.25, 0.3) is 0 Å². The monoisotopic (exact) mass is 333 g/mol. The zero-order chi connectivity index (χ0) is 16.4. The first-order chi connectivity index (χ1) is 11.1. The van der Waals surface area contributed by atoms with E-state index in [9.17, 15) is 4.39 Å². The lowest BCUT2D eigenvalue weighted by atomic mass is 10.2. The number of aromatic nitrogens is 2. The second-order valence-electron chi connectivity index (χ2n) is 4.70. The van der Waals surface area contributed by atoms with E-state index in [1.165, 1.54) is 18.5 Å². The maximum Gasteiger partial charge on any atom is 0.148 e. The zero-order valence-corrected chi connectivity index (χ0v) is 13.2. The minimum Gasteiger partial charge on any atom is -0.497 e. The van der Waals surface area contributed by atoms with E-state index in [1.54, 1.807) is 32.4 Å². The van der Waals surface area contributed by atoms with Gasteiger partial charge in [-0.1, -0.05) is 11.6 Å². The topological polar surface area (TPSA) is 56.3 Å². The van der Waals surface area contributed by atoms with Crippen LogP contribution in [0.2, 0.25) is 5.02 Å². The van der Waals surface area contributed by atoms with Crippen molar-refractivity contribution in [3.63, 3.8) is 0 Å². The fourth-order valence-corrected chi connectivity index (χ4v) is 2.37. The first-order valence-electron chi connectivity index (χ1n) is 6.71. The van der Waals surface area contributed by atoms with Gasteiger partial charge in [-0.2, -0.15) is 0 Å². The molecule has 118 valence electrons. The highest BCUT2D eigenvalue weighted by Gasteiger charge is 2.12. The van der Waals surface area contributed by atoms with Crippen LogP contribution in [0.5, 0.6) is 11.5 Å². The van der Waals surface area contributed by atoms with Crippen molar-refractivity contribution >= 4 is 34.0 Å². The first kappa shape index (κ1) is 15.3. The summed E-state index contributed by atoms with van der Waals surface area (Å²) < 4.78 is 23.9. The van der Waals surface area contributed by atoms with Crippen molar-refractivity contribution in [1.29, 1.82) is 0 Å². The quantitative estimate of drug-likeness (QED) is 0.776. The van der Waals surface area contributed by atoms with Crippen LogP contribution in [0.3, 0.4) is 0 Å². The Kier molecular flexibility index (Phi) is 4.16. The molecular formula is C16H13ClFN3O2. The summed E-state index contributed by atoms with van der Waals surface area (Å²) in [6, 6.07) is 7.89. The lowest BCUT2D eigenvalue weighted by Gasteiger charge is -2.12. The number of hydrogen-bond donors (Lipinski definition) is 1. The standard InChI is InChI=1S/C16H13ClFN3O2/c1-22-10-6-11-15(14(7-10)23-2)19-8-20-16(11)21-9-3-4-13(18)12(17)5-9/h3-8H,1-2H3,(H,19,20,21). The maximum absolute atomic E-state index is 13.3. The minimum absolute atomic E-state index is 0.0310. The lowest BCUT2D eigenvalue weighted by molar-refractivity contribution is 0.397. The molecule has 0 aliphatic heterocycles. The Bertz CT molecular complexity index is 873. The Hall–Kier alpha value is -2.60. The number of anilines is 2. The summed E-state index contributed by atoms with van der Waals surface area (Å²) >= 11 is 5.81. The summed E-state index contributed by atoms with van der Waals surface area (Å²) in [6.07, 6.45) is 1.42. The van der Waals surface area contributed by atoms with Gasteiger partial charge in [-0.25, -0.2) is 14.4 Å². The summed E-state index contributed by atoms with van der Waals surface area (Å²) in [5.41, 5.74) is 1.25. The Morgan fingerprint density at radius 3 is 2.61 bits per heavy atom. The van der Waals surface area contributed by atoms with Gasteiger partial charge in [0.1, 0.15) is 35.0 Å². The fourth-order valence-electron chi connectivity index (χ4n) is 2.19. The lowest BCUT2D eigenvalue weighted by Crippen LogP contribution is -1.98. The third-order valence-corrected chi connectivity index (χ3v) is 3.60. The van der Waals surface area contributed by atoms with Crippen LogP contribution >= 0.6 is 11.6 Å². The molecule has 3 rings (SSSR count). The molecule has 0 unspecified atom stereocenters. The average Bonchev–Trinajstić information content (AvgIpc) is 2.57. The predicted octanol–water partition coefficient (Wildman–Crippen LogP) is 4.18. The highest BCUT2D eigenvalue weighted by molar-refractivity contribution is 6.31. The van der Waals surface area contributed by atoms with Gasteiger partial charge >= 0.3 is 0 Å². The summed E-state index contributed by atoms with van der Waals surface area (Å²) in [5, 5.41) is 3.85. The number of nitrogens with zero attached hydrogens (tertiary/aromatic N) is 2. The highest BCUT2D eigenvalue weighted by atomic mass is 35.5. The van der Waals surface area contributed by atoms with Crippen molar-refractivity contribution in [1.82, 2.24) is 9.97 Å². The third-order valence-electron chi connectivity index (χ3n) is 3.32. The van der Waals surface area contributed by atoms with E-state index in [4.69, 9.17) is 21.1 Å². The van der Waals surface area contributed by atoms with Crippen molar-refractivity contribution in [2.24, 2.45) is 0 Å². The van der Waals surface area contributed by atoms with Crippen LogP contribution in [-0.2, 0) is 0 Å². The van der Waals surface area contributed by atoms with Crippen molar-refractivity contribution in [2.75, 3.05) is 19.5 Å². The van der Waals surface area contributed by atoms with Crippen LogP contribution < -0.4 is 14.8 Å². The average molecular weight is 334 g/mol. The zero-order valence-electron chi connectivity index (χ0n) is 12.4. The molecular weight excluding hydrogens is 321 g/mol. The number of halogens is 2. The SMILES string of the molecule is COc1cc(OC)c2ncnc(Nc3ccc(F)c(Cl)c3)c2c1. The molecule has 0 radical (unpaired) electrons. The molecule has 23 heavy (non-hydrogen) atoms. The molecule has 5 nitrogen and oxygen atoms in total. The number of nitrogens with one attached hydrogen (secondary N) is 1. The van der Waals surface area contributed by atoms with Gasteiger partial charge in [-0.15, -0.1) is 0 Å². The molecule has 0 amide bonds. The van der Waals surface area contributed by atoms with E-state index in [0.717, 1.165) is 0 Å². The largest absolute Gasteiger partial charge is 0.497 e. The van der Waals surface area contributed by atoms with E-state index < -0.39 is 5.82 Å². The molecule has 1 N–H and O–H groups in total. The predicted molar refractivity (Wildman–Crippen MR) is 87.3 cm³/mol. The number of fused-ring (bicyclic) bond motifs is 1. The molecule has 0 spiro atoms. The number of rotatable bonds is 4. The molecule has 7 heteroatoms. The van der Waals surface area contributed by atoms with Gasteiger partial charge in [0, 0.05) is 11.8 Å². The van der Waals surface area contributed by atoms with Gasteiger partial charge in [0.05, 0.1) is 24.6 Å². The second-order valence-corrected chi connectivity index (χ2v) is 5.11. The van der Waals surface area contributed by atoms with E-state index in [-0.39, 0.29) is 5.02 Å². The van der Waals surface area contributed by atoms with Crippen LogP contribution in [0.15, 0.2) is 36.7 Å². The maximum atomic E-state index is 13.3. The molecule has 0 fully saturated rings. The van der Waals surface area contributed by atoms with E-state index in [0.29, 0.717) is 33.9 Å². The van der Waals surface area contributed by atoms with E-state index in [2.05, 4.69) is 15.3 Å². The molecule has 0 saturated heterocycles. The van der Waals surface area contributed by atoms with Crippen molar-refractivity contribution in [3.8, 4) is 11.5 Å². The van der Waals surface area contributed by atoms with E-state index in [1.807, 2.05) is 0 Å². The Morgan fingerprint density at radius 1 is 1.09 bits per heavy atom. The van der Waals surface area contributed by atoms with Crippen LogP contribution in [0, 0.1) is 5.82 Å². The second kappa shape index (κ2) is 6.26. The summed E-state index contributed by atoms with van der Waals surface area (Å²) in [5.74, 6) is 1.24. The normalized spacial score (nSPS) is 10.6. The first-order valence-corrected chi connectivity index (χ1v) is 7.09. The smallest absolute Gasteiger partial charge is 0.148 e. The van der Waals surface area contributed by atoms with Crippen LogP contribution in [0.1, 0.15) is 0 Å². The van der Waals surface area contributed by atoms with Gasteiger partial charge in [0.2, 0.25) is 0 Å². The number of benzene rings is 2.